The van der Waals surface area contributed by atoms with Crippen LogP contribution in [0.4, 0.5) is 0 Å². The molecule has 2 rings (SSSR count). The van der Waals surface area contributed by atoms with E-state index in [-0.39, 0.29) is 17.4 Å². The van der Waals surface area contributed by atoms with Gasteiger partial charge in [-0.1, -0.05) is 0 Å². The lowest BCUT2D eigenvalue weighted by Gasteiger charge is -2.09. The molecule has 1 unspecified atom stereocenters. The summed E-state index contributed by atoms with van der Waals surface area (Å²) in [6.45, 7) is 2.09. The molecule has 1 atom stereocenters. The van der Waals surface area contributed by atoms with Crippen LogP contribution < -0.4 is 11.2 Å². The van der Waals surface area contributed by atoms with Gasteiger partial charge in [0.1, 0.15) is 0 Å². The standard InChI is InChI=1S/C13H20N4O3/c1-9(18)6-4-5-7-17-12(19)10-11(14-8-15(10)2)16(3)13(17)20/h8-9,18H,4-7H2,1-3H3. The summed E-state index contributed by atoms with van der Waals surface area (Å²) >= 11 is 0. The summed E-state index contributed by atoms with van der Waals surface area (Å²) in [5.74, 6) is 0. The molecule has 0 aliphatic rings. The Kier molecular flexibility index (Phi) is 4.08. The molecule has 20 heavy (non-hydrogen) atoms. The summed E-state index contributed by atoms with van der Waals surface area (Å²) in [6.07, 6.45) is 3.31. The van der Waals surface area contributed by atoms with Crippen molar-refractivity contribution in [3.05, 3.63) is 27.2 Å². The molecule has 1 N–H and O–H groups in total. The van der Waals surface area contributed by atoms with Gasteiger partial charge in [-0.15, -0.1) is 0 Å². The molecule has 0 aromatic carbocycles. The van der Waals surface area contributed by atoms with Crippen molar-refractivity contribution in [1.82, 2.24) is 18.7 Å². The Morgan fingerprint density at radius 1 is 1.30 bits per heavy atom. The molecule has 0 amide bonds. The third-order valence-corrected chi connectivity index (χ3v) is 3.45. The number of hydrogen-bond donors (Lipinski definition) is 1. The highest BCUT2D eigenvalue weighted by Gasteiger charge is 2.14. The van der Waals surface area contributed by atoms with E-state index in [0.717, 1.165) is 6.42 Å². The SMILES string of the molecule is CC(O)CCCCn1c(=O)c2c(ncn2C)n(C)c1=O. The van der Waals surface area contributed by atoms with Crippen LogP contribution in [0.15, 0.2) is 15.9 Å². The fourth-order valence-electron chi connectivity index (χ4n) is 2.30. The lowest BCUT2D eigenvalue weighted by molar-refractivity contribution is 0.180. The second-order valence-corrected chi connectivity index (χ2v) is 5.17. The summed E-state index contributed by atoms with van der Waals surface area (Å²) in [4.78, 5) is 28.6. The molecule has 0 saturated carbocycles. The molecule has 7 nitrogen and oxygen atoms in total. The Labute approximate surface area is 116 Å². The van der Waals surface area contributed by atoms with E-state index >= 15 is 0 Å². The Bertz CT molecular complexity index is 724. The van der Waals surface area contributed by atoms with Gasteiger partial charge in [-0.3, -0.25) is 13.9 Å². The van der Waals surface area contributed by atoms with E-state index in [9.17, 15) is 14.7 Å². The van der Waals surface area contributed by atoms with Crippen LogP contribution in [0.25, 0.3) is 11.2 Å². The first-order chi connectivity index (χ1) is 9.43. The molecule has 2 aromatic heterocycles. The van der Waals surface area contributed by atoms with Crippen LogP contribution in [0.2, 0.25) is 0 Å². The van der Waals surface area contributed by atoms with Crippen molar-refractivity contribution in [1.29, 1.82) is 0 Å². The Morgan fingerprint density at radius 3 is 2.65 bits per heavy atom. The number of aryl methyl sites for hydroxylation is 2. The highest BCUT2D eigenvalue weighted by atomic mass is 16.3. The van der Waals surface area contributed by atoms with E-state index in [2.05, 4.69) is 4.98 Å². The minimum Gasteiger partial charge on any atom is -0.393 e. The Balaban J connectivity index is 2.36. The molecule has 0 bridgehead atoms. The highest BCUT2D eigenvalue weighted by Crippen LogP contribution is 2.04. The second kappa shape index (κ2) is 5.62. The number of aliphatic hydroxyl groups excluding tert-OH is 1. The predicted molar refractivity (Wildman–Crippen MR) is 75.7 cm³/mol. The van der Waals surface area contributed by atoms with Crippen LogP contribution in [0.5, 0.6) is 0 Å². The number of nitrogens with zero attached hydrogens (tertiary/aromatic N) is 4. The van der Waals surface area contributed by atoms with Crippen molar-refractivity contribution in [3.8, 4) is 0 Å². The topological polar surface area (TPSA) is 82.1 Å². The summed E-state index contributed by atoms with van der Waals surface area (Å²) < 4.78 is 4.26. The van der Waals surface area contributed by atoms with Crippen LogP contribution >= 0.6 is 0 Å². The number of rotatable bonds is 5. The maximum absolute atomic E-state index is 12.4. The van der Waals surface area contributed by atoms with Gasteiger partial charge in [-0.2, -0.15) is 0 Å². The summed E-state index contributed by atoms with van der Waals surface area (Å²) in [5.41, 5.74) is 0.184. The molecule has 0 aliphatic carbocycles. The largest absolute Gasteiger partial charge is 0.393 e. The Hall–Kier alpha value is -1.89. The van der Waals surface area contributed by atoms with Gasteiger partial charge in [0.15, 0.2) is 11.2 Å². The van der Waals surface area contributed by atoms with Gasteiger partial charge < -0.3 is 9.67 Å². The van der Waals surface area contributed by atoms with Gasteiger partial charge in [0.25, 0.3) is 5.56 Å². The minimum absolute atomic E-state index is 0.305. The van der Waals surface area contributed by atoms with Crippen molar-refractivity contribution >= 4 is 11.2 Å². The van der Waals surface area contributed by atoms with E-state index in [1.54, 1.807) is 25.6 Å². The third-order valence-electron chi connectivity index (χ3n) is 3.45. The first kappa shape index (κ1) is 14.5. The molecule has 7 heteroatoms. The summed E-state index contributed by atoms with van der Waals surface area (Å²) in [6, 6.07) is 0. The smallest absolute Gasteiger partial charge is 0.332 e. The van der Waals surface area contributed by atoms with Crippen molar-refractivity contribution in [2.45, 2.75) is 38.8 Å². The molecule has 2 heterocycles. The average molecular weight is 280 g/mol. The zero-order valence-electron chi connectivity index (χ0n) is 12.0. The lowest BCUT2D eigenvalue weighted by Crippen LogP contribution is -2.39. The number of hydrogen-bond acceptors (Lipinski definition) is 4. The van der Waals surface area contributed by atoms with E-state index in [1.807, 2.05) is 0 Å². The van der Waals surface area contributed by atoms with E-state index < -0.39 is 0 Å². The molecular formula is C13H20N4O3. The van der Waals surface area contributed by atoms with Gasteiger partial charge in [-0.25, -0.2) is 9.78 Å². The van der Waals surface area contributed by atoms with Crippen LogP contribution in [-0.2, 0) is 20.6 Å². The van der Waals surface area contributed by atoms with Gasteiger partial charge in [0, 0.05) is 20.6 Å². The van der Waals surface area contributed by atoms with Crippen molar-refractivity contribution in [2.75, 3.05) is 0 Å². The average Bonchev–Trinajstić information content (AvgIpc) is 2.77. The molecule has 0 radical (unpaired) electrons. The van der Waals surface area contributed by atoms with E-state index in [1.165, 1.54) is 15.5 Å². The quantitative estimate of drug-likeness (QED) is 0.781. The van der Waals surface area contributed by atoms with Gasteiger partial charge in [0.2, 0.25) is 0 Å². The molecular weight excluding hydrogens is 260 g/mol. The normalized spacial score (nSPS) is 13.0. The maximum atomic E-state index is 12.4. The molecule has 0 saturated heterocycles. The number of imidazole rings is 1. The lowest BCUT2D eigenvalue weighted by atomic mass is 10.2. The van der Waals surface area contributed by atoms with E-state index in [0.29, 0.717) is 30.6 Å². The predicted octanol–water partition coefficient (Wildman–Crippen LogP) is -0.0152. The number of fused-ring (bicyclic) bond motifs is 1. The fourth-order valence-corrected chi connectivity index (χ4v) is 2.30. The maximum Gasteiger partial charge on any atom is 0.332 e. The summed E-state index contributed by atoms with van der Waals surface area (Å²) in [7, 11) is 3.35. The molecule has 0 spiro atoms. The first-order valence-corrected chi connectivity index (χ1v) is 6.72. The van der Waals surface area contributed by atoms with Crippen LogP contribution in [0.1, 0.15) is 26.2 Å². The van der Waals surface area contributed by atoms with Crippen LogP contribution in [-0.4, -0.2) is 29.9 Å². The second-order valence-electron chi connectivity index (χ2n) is 5.17. The number of aliphatic hydroxyl groups is 1. The summed E-state index contributed by atoms with van der Waals surface area (Å²) in [5, 5.41) is 9.21. The minimum atomic E-state index is -0.353. The first-order valence-electron chi connectivity index (χ1n) is 6.72. The molecule has 0 fully saturated rings. The highest BCUT2D eigenvalue weighted by molar-refractivity contribution is 5.69. The van der Waals surface area contributed by atoms with Crippen molar-refractivity contribution < 1.29 is 5.11 Å². The molecule has 2 aromatic rings. The van der Waals surface area contributed by atoms with Crippen LogP contribution in [0, 0.1) is 0 Å². The van der Waals surface area contributed by atoms with Crippen molar-refractivity contribution in [3.63, 3.8) is 0 Å². The van der Waals surface area contributed by atoms with Gasteiger partial charge in [-0.05, 0) is 26.2 Å². The monoisotopic (exact) mass is 280 g/mol. The number of unbranched alkanes of at least 4 members (excludes halogenated alkanes) is 1. The molecule has 0 aliphatic heterocycles. The fraction of sp³-hybridized carbons (Fsp3) is 0.615. The van der Waals surface area contributed by atoms with E-state index in [4.69, 9.17) is 0 Å². The molecule has 110 valence electrons. The number of aromatic nitrogens is 4. The third kappa shape index (κ3) is 2.53. The zero-order chi connectivity index (χ0) is 14.9. The van der Waals surface area contributed by atoms with Crippen molar-refractivity contribution in [2.24, 2.45) is 14.1 Å². The van der Waals surface area contributed by atoms with Gasteiger partial charge >= 0.3 is 5.69 Å². The Morgan fingerprint density at radius 2 is 2.00 bits per heavy atom. The van der Waals surface area contributed by atoms with Crippen LogP contribution in [0.3, 0.4) is 0 Å². The zero-order valence-corrected chi connectivity index (χ0v) is 12.0. The van der Waals surface area contributed by atoms with Gasteiger partial charge in [0.05, 0.1) is 12.4 Å².